The van der Waals surface area contributed by atoms with E-state index < -0.39 is 0 Å². The third-order valence-electron chi connectivity index (χ3n) is 4.07. The SMILES string of the molecule is COc1cc(CC2NCCc3ccccc32)cc(OC)c1. The Kier molecular flexibility index (Phi) is 4.11. The Morgan fingerprint density at radius 2 is 1.76 bits per heavy atom. The van der Waals surface area contributed by atoms with Crippen LogP contribution in [0.3, 0.4) is 0 Å². The molecule has 1 aliphatic heterocycles. The van der Waals surface area contributed by atoms with E-state index in [1.54, 1.807) is 14.2 Å². The summed E-state index contributed by atoms with van der Waals surface area (Å²) in [5.41, 5.74) is 4.09. The van der Waals surface area contributed by atoms with Gasteiger partial charge in [0.25, 0.3) is 0 Å². The molecule has 0 amide bonds. The van der Waals surface area contributed by atoms with Crippen molar-refractivity contribution in [3.05, 3.63) is 59.2 Å². The third kappa shape index (κ3) is 3.03. The quantitative estimate of drug-likeness (QED) is 0.935. The fourth-order valence-corrected chi connectivity index (χ4v) is 2.99. The van der Waals surface area contributed by atoms with E-state index in [1.165, 1.54) is 16.7 Å². The molecule has 0 fully saturated rings. The Morgan fingerprint density at radius 3 is 2.48 bits per heavy atom. The van der Waals surface area contributed by atoms with Crippen molar-refractivity contribution >= 4 is 0 Å². The van der Waals surface area contributed by atoms with Gasteiger partial charge in [0.15, 0.2) is 0 Å². The van der Waals surface area contributed by atoms with Gasteiger partial charge in [0, 0.05) is 12.1 Å². The summed E-state index contributed by atoms with van der Waals surface area (Å²) < 4.78 is 10.7. The highest BCUT2D eigenvalue weighted by molar-refractivity contribution is 5.40. The number of benzene rings is 2. The van der Waals surface area contributed by atoms with Crippen LogP contribution in [0, 0.1) is 0 Å². The summed E-state index contributed by atoms with van der Waals surface area (Å²) in [5.74, 6) is 1.68. The van der Waals surface area contributed by atoms with Crippen LogP contribution in [-0.4, -0.2) is 20.8 Å². The molecule has 0 bridgehead atoms. The molecule has 0 radical (unpaired) electrons. The highest BCUT2D eigenvalue weighted by Crippen LogP contribution is 2.29. The second-order valence-corrected chi connectivity index (χ2v) is 5.38. The van der Waals surface area contributed by atoms with Gasteiger partial charge in [0.2, 0.25) is 0 Å². The highest BCUT2D eigenvalue weighted by Gasteiger charge is 2.19. The van der Waals surface area contributed by atoms with Crippen LogP contribution in [0.25, 0.3) is 0 Å². The first-order valence-electron chi connectivity index (χ1n) is 7.33. The van der Waals surface area contributed by atoms with Crippen LogP contribution in [0.4, 0.5) is 0 Å². The van der Waals surface area contributed by atoms with Gasteiger partial charge < -0.3 is 14.8 Å². The summed E-state index contributed by atoms with van der Waals surface area (Å²) >= 11 is 0. The Balaban J connectivity index is 1.87. The molecule has 1 N–H and O–H groups in total. The van der Waals surface area contributed by atoms with Crippen LogP contribution in [-0.2, 0) is 12.8 Å². The number of ether oxygens (including phenoxy) is 2. The summed E-state index contributed by atoms with van der Waals surface area (Å²) in [7, 11) is 3.37. The standard InChI is InChI=1S/C18H21NO2/c1-20-15-9-13(10-16(12-15)21-2)11-18-17-6-4-3-5-14(17)7-8-19-18/h3-6,9-10,12,18-19H,7-8,11H2,1-2H3. The zero-order chi connectivity index (χ0) is 14.7. The molecule has 0 spiro atoms. The number of hydrogen-bond acceptors (Lipinski definition) is 3. The molecule has 0 saturated carbocycles. The first kappa shape index (κ1) is 14.0. The number of hydrogen-bond donors (Lipinski definition) is 1. The molecule has 3 heteroatoms. The van der Waals surface area contributed by atoms with E-state index in [-0.39, 0.29) is 0 Å². The van der Waals surface area contributed by atoms with Crippen molar-refractivity contribution in [2.24, 2.45) is 0 Å². The Labute approximate surface area is 125 Å². The van der Waals surface area contributed by atoms with Crippen LogP contribution in [0.1, 0.15) is 22.7 Å². The Bertz CT molecular complexity index is 602. The molecule has 2 aromatic rings. The molecule has 1 aliphatic rings. The van der Waals surface area contributed by atoms with Gasteiger partial charge in [-0.05, 0) is 48.2 Å². The van der Waals surface area contributed by atoms with E-state index in [0.29, 0.717) is 6.04 Å². The summed E-state index contributed by atoms with van der Waals surface area (Å²) in [6, 6.07) is 15.1. The zero-order valence-electron chi connectivity index (χ0n) is 12.6. The lowest BCUT2D eigenvalue weighted by Crippen LogP contribution is -2.31. The van der Waals surface area contributed by atoms with Crippen molar-refractivity contribution in [1.82, 2.24) is 5.32 Å². The molecule has 3 nitrogen and oxygen atoms in total. The Hall–Kier alpha value is -2.00. The monoisotopic (exact) mass is 283 g/mol. The van der Waals surface area contributed by atoms with Crippen molar-refractivity contribution in [3.63, 3.8) is 0 Å². The first-order valence-corrected chi connectivity index (χ1v) is 7.33. The third-order valence-corrected chi connectivity index (χ3v) is 4.07. The minimum absolute atomic E-state index is 0.353. The smallest absolute Gasteiger partial charge is 0.122 e. The van der Waals surface area contributed by atoms with Gasteiger partial charge in [0.05, 0.1) is 14.2 Å². The van der Waals surface area contributed by atoms with Crippen molar-refractivity contribution in [2.75, 3.05) is 20.8 Å². The van der Waals surface area contributed by atoms with E-state index in [1.807, 2.05) is 6.07 Å². The second kappa shape index (κ2) is 6.19. The van der Waals surface area contributed by atoms with Crippen LogP contribution >= 0.6 is 0 Å². The van der Waals surface area contributed by atoms with Gasteiger partial charge in [0.1, 0.15) is 11.5 Å². The summed E-state index contributed by atoms with van der Waals surface area (Å²) in [6.07, 6.45) is 2.04. The molecule has 0 aliphatic carbocycles. The largest absolute Gasteiger partial charge is 0.497 e. The molecule has 0 saturated heterocycles. The van der Waals surface area contributed by atoms with Gasteiger partial charge >= 0.3 is 0 Å². The van der Waals surface area contributed by atoms with Gasteiger partial charge in [-0.2, -0.15) is 0 Å². The predicted molar refractivity (Wildman–Crippen MR) is 84.1 cm³/mol. The molecule has 1 atom stereocenters. The molecular weight excluding hydrogens is 262 g/mol. The van der Waals surface area contributed by atoms with Crippen LogP contribution in [0.15, 0.2) is 42.5 Å². The molecule has 1 heterocycles. The predicted octanol–water partition coefficient (Wildman–Crippen LogP) is 3.13. The maximum Gasteiger partial charge on any atom is 0.122 e. The second-order valence-electron chi connectivity index (χ2n) is 5.38. The molecule has 110 valence electrons. The van der Waals surface area contributed by atoms with Crippen molar-refractivity contribution in [1.29, 1.82) is 0 Å². The molecular formula is C18H21NO2. The minimum Gasteiger partial charge on any atom is -0.497 e. The van der Waals surface area contributed by atoms with Crippen molar-refractivity contribution in [3.8, 4) is 11.5 Å². The topological polar surface area (TPSA) is 30.5 Å². The van der Waals surface area contributed by atoms with E-state index in [2.05, 4.69) is 41.7 Å². The number of rotatable bonds is 4. The fourth-order valence-electron chi connectivity index (χ4n) is 2.99. The van der Waals surface area contributed by atoms with E-state index in [9.17, 15) is 0 Å². The highest BCUT2D eigenvalue weighted by atomic mass is 16.5. The summed E-state index contributed by atoms with van der Waals surface area (Å²) in [4.78, 5) is 0. The van der Waals surface area contributed by atoms with Gasteiger partial charge in [-0.1, -0.05) is 24.3 Å². The maximum absolute atomic E-state index is 5.36. The minimum atomic E-state index is 0.353. The lowest BCUT2D eigenvalue weighted by atomic mass is 9.90. The van der Waals surface area contributed by atoms with Crippen LogP contribution in [0.2, 0.25) is 0 Å². The fraction of sp³-hybridized carbons (Fsp3) is 0.333. The first-order chi connectivity index (χ1) is 10.3. The number of methoxy groups -OCH3 is 2. The molecule has 21 heavy (non-hydrogen) atoms. The van der Waals surface area contributed by atoms with Crippen LogP contribution in [0.5, 0.6) is 11.5 Å². The molecule has 0 aromatic heterocycles. The van der Waals surface area contributed by atoms with E-state index >= 15 is 0 Å². The van der Waals surface area contributed by atoms with E-state index in [0.717, 1.165) is 30.9 Å². The van der Waals surface area contributed by atoms with Gasteiger partial charge in [-0.25, -0.2) is 0 Å². The average molecular weight is 283 g/mol. The molecule has 2 aromatic carbocycles. The number of nitrogens with one attached hydrogen (secondary N) is 1. The van der Waals surface area contributed by atoms with Crippen LogP contribution < -0.4 is 14.8 Å². The summed E-state index contributed by atoms with van der Waals surface area (Å²) in [6.45, 7) is 1.03. The van der Waals surface area contributed by atoms with Crippen molar-refractivity contribution in [2.45, 2.75) is 18.9 Å². The Morgan fingerprint density at radius 1 is 1.05 bits per heavy atom. The lowest BCUT2D eigenvalue weighted by Gasteiger charge is -2.27. The lowest BCUT2D eigenvalue weighted by molar-refractivity contribution is 0.392. The average Bonchev–Trinajstić information content (AvgIpc) is 2.55. The summed E-state index contributed by atoms with van der Waals surface area (Å²) in [5, 5.41) is 3.62. The number of fused-ring (bicyclic) bond motifs is 1. The van der Waals surface area contributed by atoms with Crippen molar-refractivity contribution < 1.29 is 9.47 Å². The van der Waals surface area contributed by atoms with Gasteiger partial charge in [-0.15, -0.1) is 0 Å². The normalized spacial score (nSPS) is 17.1. The zero-order valence-corrected chi connectivity index (χ0v) is 12.6. The molecule has 3 rings (SSSR count). The molecule has 1 unspecified atom stereocenters. The van der Waals surface area contributed by atoms with Gasteiger partial charge in [-0.3, -0.25) is 0 Å². The maximum atomic E-state index is 5.36. The van der Waals surface area contributed by atoms with E-state index in [4.69, 9.17) is 9.47 Å².